The van der Waals surface area contributed by atoms with E-state index in [1.165, 1.54) is 25.7 Å². The Morgan fingerprint density at radius 1 is 1.42 bits per heavy atom. The smallest absolute Gasteiger partial charge is 0.314 e. The number of aromatic nitrogens is 2. The fourth-order valence-corrected chi connectivity index (χ4v) is 2.60. The summed E-state index contributed by atoms with van der Waals surface area (Å²) in [5.41, 5.74) is 0. The molecule has 0 saturated heterocycles. The molecule has 1 saturated carbocycles. The van der Waals surface area contributed by atoms with Crippen LogP contribution in [0.1, 0.15) is 32.6 Å². The van der Waals surface area contributed by atoms with Crippen molar-refractivity contribution >= 4 is 6.03 Å². The van der Waals surface area contributed by atoms with E-state index < -0.39 is 0 Å². The molecule has 0 spiro atoms. The Morgan fingerprint density at radius 3 is 2.89 bits per heavy atom. The Bertz CT molecular complexity index is 371. The SMILES string of the molecule is CC(CNC(=O)NCC1CCCC1)Cn1ccnc1. The van der Waals surface area contributed by atoms with Gasteiger partial charge >= 0.3 is 6.03 Å². The fraction of sp³-hybridized carbons (Fsp3) is 0.714. The van der Waals surface area contributed by atoms with Crippen LogP contribution in [0.4, 0.5) is 4.79 Å². The third kappa shape index (κ3) is 4.93. The van der Waals surface area contributed by atoms with E-state index in [2.05, 4.69) is 22.5 Å². The first-order valence-corrected chi connectivity index (χ1v) is 7.21. The minimum absolute atomic E-state index is 0.0376. The minimum Gasteiger partial charge on any atom is -0.338 e. The second-order valence-electron chi connectivity index (χ2n) is 5.61. The van der Waals surface area contributed by atoms with Gasteiger partial charge in [0.15, 0.2) is 0 Å². The lowest BCUT2D eigenvalue weighted by molar-refractivity contribution is 0.236. The van der Waals surface area contributed by atoms with Gasteiger partial charge in [-0.2, -0.15) is 0 Å². The van der Waals surface area contributed by atoms with Crippen molar-refractivity contribution < 1.29 is 4.79 Å². The molecular formula is C14H24N4O. The lowest BCUT2D eigenvalue weighted by Gasteiger charge is -2.15. The summed E-state index contributed by atoms with van der Waals surface area (Å²) < 4.78 is 2.03. The number of nitrogens with zero attached hydrogens (tertiary/aromatic N) is 2. The van der Waals surface area contributed by atoms with Gasteiger partial charge in [0.1, 0.15) is 0 Å². The Kier molecular flexibility index (Phi) is 5.24. The molecule has 0 bridgehead atoms. The second kappa shape index (κ2) is 7.16. The maximum atomic E-state index is 11.7. The van der Waals surface area contributed by atoms with E-state index in [1.54, 1.807) is 12.5 Å². The van der Waals surface area contributed by atoms with Crippen LogP contribution in [0.15, 0.2) is 18.7 Å². The van der Waals surface area contributed by atoms with Crippen LogP contribution in [0.25, 0.3) is 0 Å². The van der Waals surface area contributed by atoms with Crippen molar-refractivity contribution in [2.75, 3.05) is 13.1 Å². The highest BCUT2D eigenvalue weighted by Crippen LogP contribution is 2.23. The third-order valence-corrected chi connectivity index (χ3v) is 3.72. The van der Waals surface area contributed by atoms with Gasteiger partial charge in [-0.05, 0) is 24.7 Å². The molecule has 1 aliphatic rings. The molecule has 2 N–H and O–H groups in total. The normalized spacial score (nSPS) is 17.3. The van der Waals surface area contributed by atoms with E-state index in [9.17, 15) is 4.79 Å². The Morgan fingerprint density at radius 2 is 2.21 bits per heavy atom. The molecule has 1 heterocycles. The molecule has 106 valence electrons. The van der Waals surface area contributed by atoms with Gasteiger partial charge in [0, 0.05) is 32.0 Å². The summed E-state index contributed by atoms with van der Waals surface area (Å²) in [7, 11) is 0. The van der Waals surface area contributed by atoms with Crippen LogP contribution in [0.2, 0.25) is 0 Å². The van der Waals surface area contributed by atoms with Gasteiger partial charge in [0.2, 0.25) is 0 Å². The molecule has 5 heteroatoms. The van der Waals surface area contributed by atoms with E-state index in [4.69, 9.17) is 0 Å². The summed E-state index contributed by atoms with van der Waals surface area (Å²) in [5, 5.41) is 5.90. The number of nitrogens with one attached hydrogen (secondary N) is 2. The molecule has 1 atom stereocenters. The van der Waals surface area contributed by atoms with Crippen LogP contribution in [0.3, 0.4) is 0 Å². The van der Waals surface area contributed by atoms with Gasteiger partial charge in [0.25, 0.3) is 0 Å². The number of rotatable bonds is 6. The van der Waals surface area contributed by atoms with Crippen molar-refractivity contribution in [3.63, 3.8) is 0 Å². The number of hydrogen-bond acceptors (Lipinski definition) is 2. The standard InChI is InChI=1S/C14H24N4O/c1-12(10-18-7-6-15-11-18)8-16-14(19)17-9-13-4-2-3-5-13/h6-7,11-13H,2-5,8-10H2,1H3,(H2,16,17,19). The molecule has 1 aliphatic carbocycles. The zero-order chi connectivity index (χ0) is 13.5. The van der Waals surface area contributed by atoms with Crippen LogP contribution in [0, 0.1) is 11.8 Å². The quantitative estimate of drug-likeness (QED) is 0.825. The van der Waals surface area contributed by atoms with Gasteiger partial charge < -0.3 is 15.2 Å². The molecule has 2 rings (SSSR count). The van der Waals surface area contributed by atoms with E-state index >= 15 is 0 Å². The van der Waals surface area contributed by atoms with Crippen molar-refractivity contribution in [2.45, 2.75) is 39.2 Å². The van der Waals surface area contributed by atoms with E-state index in [0.29, 0.717) is 18.4 Å². The van der Waals surface area contributed by atoms with Gasteiger partial charge in [0.05, 0.1) is 6.33 Å². The van der Waals surface area contributed by atoms with Crippen LogP contribution >= 0.6 is 0 Å². The summed E-state index contributed by atoms with van der Waals surface area (Å²) in [4.78, 5) is 15.7. The van der Waals surface area contributed by atoms with Gasteiger partial charge in [-0.15, -0.1) is 0 Å². The molecule has 5 nitrogen and oxygen atoms in total. The minimum atomic E-state index is -0.0376. The molecule has 0 aromatic carbocycles. The molecule has 1 unspecified atom stereocenters. The third-order valence-electron chi connectivity index (χ3n) is 3.72. The first-order valence-electron chi connectivity index (χ1n) is 7.21. The number of carbonyl (C=O) groups is 1. The van der Waals surface area contributed by atoms with Gasteiger partial charge in [-0.25, -0.2) is 9.78 Å². The highest BCUT2D eigenvalue weighted by atomic mass is 16.2. The molecule has 19 heavy (non-hydrogen) atoms. The van der Waals surface area contributed by atoms with Crippen LogP contribution in [0.5, 0.6) is 0 Å². The maximum Gasteiger partial charge on any atom is 0.314 e. The number of carbonyl (C=O) groups excluding carboxylic acids is 1. The zero-order valence-corrected chi connectivity index (χ0v) is 11.6. The van der Waals surface area contributed by atoms with Crippen LogP contribution < -0.4 is 10.6 Å². The molecule has 1 aromatic heterocycles. The van der Waals surface area contributed by atoms with Crippen LogP contribution in [-0.4, -0.2) is 28.7 Å². The molecular weight excluding hydrogens is 240 g/mol. The summed E-state index contributed by atoms with van der Waals surface area (Å²) in [6, 6.07) is -0.0376. The topological polar surface area (TPSA) is 59.0 Å². The average Bonchev–Trinajstić information content (AvgIpc) is 3.06. The largest absolute Gasteiger partial charge is 0.338 e. The lowest BCUT2D eigenvalue weighted by Crippen LogP contribution is -2.40. The van der Waals surface area contributed by atoms with Crippen molar-refractivity contribution in [1.29, 1.82) is 0 Å². The fourth-order valence-electron chi connectivity index (χ4n) is 2.60. The highest BCUT2D eigenvalue weighted by Gasteiger charge is 2.15. The molecule has 1 fully saturated rings. The lowest BCUT2D eigenvalue weighted by atomic mass is 10.1. The predicted octanol–water partition coefficient (Wildman–Crippen LogP) is 2.01. The number of imidazole rings is 1. The van der Waals surface area contributed by atoms with E-state index in [-0.39, 0.29) is 6.03 Å². The monoisotopic (exact) mass is 264 g/mol. The summed E-state index contributed by atoms with van der Waals surface area (Å²) in [6.07, 6.45) is 10.7. The number of urea groups is 1. The summed E-state index contributed by atoms with van der Waals surface area (Å²) in [6.45, 7) is 4.51. The van der Waals surface area contributed by atoms with Gasteiger partial charge in [-0.3, -0.25) is 0 Å². The Hall–Kier alpha value is -1.52. The van der Waals surface area contributed by atoms with E-state index in [1.807, 2.05) is 10.8 Å². The molecule has 0 aliphatic heterocycles. The predicted molar refractivity (Wildman–Crippen MR) is 74.8 cm³/mol. The summed E-state index contributed by atoms with van der Waals surface area (Å²) in [5.74, 6) is 1.08. The highest BCUT2D eigenvalue weighted by molar-refractivity contribution is 5.73. The number of hydrogen-bond donors (Lipinski definition) is 2. The molecule has 1 aromatic rings. The average molecular weight is 264 g/mol. The van der Waals surface area contributed by atoms with E-state index in [0.717, 1.165) is 13.1 Å². The molecule has 0 radical (unpaired) electrons. The van der Waals surface area contributed by atoms with Gasteiger partial charge in [-0.1, -0.05) is 19.8 Å². The zero-order valence-electron chi connectivity index (χ0n) is 11.6. The second-order valence-corrected chi connectivity index (χ2v) is 5.61. The van der Waals surface area contributed by atoms with Crippen molar-refractivity contribution in [3.8, 4) is 0 Å². The summed E-state index contributed by atoms with van der Waals surface area (Å²) >= 11 is 0. The van der Waals surface area contributed by atoms with Crippen molar-refractivity contribution in [1.82, 2.24) is 20.2 Å². The van der Waals surface area contributed by atoms with Crippen LogP contribution in [-0.2, 0) is 6.54 Å². The van der Waals surface area contributed by atoms with Crippen molar-refractivity contribution in [2.24, 2.45) is 11.8 Å². The first-order chi connectivity index (χ1) is 9.24. The maximum absolute atomic E-state index is 11.7. The first kappa shape index (κ1) is 13.9. The van der Waals surface area contributed by atoms with Crippen molar-refractivity contribution in [3.05, 3.63) is 18.7 Å². The Balaban J connectivity index is 1.57. The number of amides is 2. The molecule has 2 amide bonds. The Labute approximate surface area is 114 Å².